The number of aliphatic carboxylic acids is 1. The molecule has 0 radical (unpaired) electrons. The maximum atomic E-state index is 11.8. The van der Waals surface area contributed by atoms with Crippen LogP contribution in [-0.2, 0) is 4.79 Å². The molecule has 0 saturated heterocycles. The highest BCUT2D eigenvalue weighted by molar-refractivity contribution is 5.93. The van der Waals surface area contributed by atoms with E-state index in [1.807, 2.05) is 0 Å². The molecule has 1 fully saturated rings. The summed E-state index contributed by atoms with van der Waals surface area (Å²) in [6.07, 6.45) is 3.36. The first-order valence-electron chi connectivity index (χ1n) is 6.16. The van der Waals surface area contributed by atoms with Crippen LogP contribution >= 0.6 is 0 Å². The minimum absolute atomic E-state index is 0.179. The van der Waals surface area contributed by atoms with Gasteiger partial charge in [-0.2, -0.15) is 0 Å². The van der Waals surface area contributed by atoms with E-state index in [0.29, 0.717) is 11.4 Å². The standard InChI is InChI=1S/C13H17N3O3/c1-16(2)12(17)10-7-9(5-6-14-10)15-11(13(18)19)8-3-4-8/h5-8,11H,3-4H2,1-2H3,(H,14,15)(H,18,19). The van der Waals surface area contributed by atoms with Crippen LogP contribution in [0.4, 0.5) is 5.69 Å². The molecule has 0 bridgehead atoms. The molecule has 0 aliphatic heterocycles. The molecule has 6 heteroatoms. The minimum atomic E-state index is -0.861. The molecular weight excluding hydrogens is 246 g/mol. The van der Waals surface area contributed by atoms with E-state index in [-0.39, 0.29) is 11.8 Å². The third-order valence-corrected chi connectivity index (χ3v) is 3.07. The Morgan fingerprint density at radius 1 is 1.47 bits per heavy atom. The number of carboxylic acids is 1. The molecule has 1 saturated carbocycles. The van der Waals surface area contributed by atoms with Gasteiger partial charge in [-0.15, -0.1) is 0 Å². The predicted octanol–water partition coefficient (Wildman–Crippen LogP) is 1.06. The lowest BCUT2D eigenvalue weighted by molar-refractivity contribution is -0.138. The van der Waals surface area contributed by atoms with Crippen molar-refractivity contribution in [3.8, 4) is 0 Å². The summed E-state index contributed by atoms with van der Waals surface area (Å²) in [5, 5.41) is 12.1. The van der Waals surface area contributed by atoms with E-state index >= 15 is 0 Å². The third-order valence-electron chi connectivity index (χ3n) is 3.07. The van der Waals surface area contributed by atoms with Crippen LogP contribution in [0.15, 0.2) is 18.3 Å². The van der Waals surface area contributed by atoms with Crippen LogP contribution in [-0.4, -0.2) is 47.0 Å². The van der Waals surface area contributed by atoms with Gasteiger partial charge >= 0.3 is 5.97 Å². The van der Waals surface area contributed by atoms with Crippen molar-refractivity contribution in [2.45, 2.75) is 18.9 Å². The fourth-order valence-corrected chi connectivity index (χ4v) is 1.86. The zero-order valence-electron chi connectivity index (χ0n) is 11.0. The highest BCUT2D eigenvalue weighted by Crippen LogP contribution is 2.34. The number of anilines is 1. The topological polar surface area (TPSA) is 82.5 Å². The van der Waals surface area contributed by atoms with Crippen molar-refractivity contribution in [2.24, 2.45) is 5.92 Å². The number of hydrogen-bond donors (Lipinski definition) is 2. The Balaban J connectivity index is 2.14. The van der Waals surface area contributed by atoms with Crippen LogP contribution in [0.25, 0.3) is 0 Å². The summed E-state index contributed by atoms with van der Waals surface area (Å²) in [4.78, 5) is 28.4. The van der Waals surface area contributed by atoms with Crippen LogP contribution in [0.5, 0.6) is 0 Å². The van der Waals surface area contributed by atoms with Crippen molar-refractivity contribution in [2.75, 3.05) is 19.4 Å². The number of carbonyl (C=O) groups excluding carboxylic acids is 1. The second-order valence-electron chi connectivity index (χ2n) is 4.93. The molecule has 1 aromatic heterocycles. The zero-order valence-corrected chi connectivity index (χ0v) is 11.0. The number of rotatable bonds is 5. The van der Waals surface area contributed by atoms with E-state index in [2.05, 4.69) is 10.3 Å². The molecule has 6 nitrogen and oxygen atoms in total. The van der Waals surface area contributed by atoms with Gasteiger partial charge in [0.05, 0.1) is 0 Å². The van der Waals surface area contributed by atoms with Crippen molar-refractivity contribution in [3.05, 3.63) is 24.0 Å². The first kappa shape index (κ1) is 13.3. The first-order chi connectivity index (χ1) is 8.99. The number of aromatic nitrogens is 1. The second kappa shape index (κ2) is 5.26. The van der Waals surface area contributed by atoms with Gasteiger partial charge in [0.25, 0.3) is 5.91 Å². The number of hydrogen-bond acceptors (Lipinski definition) is 4. The van der Waals surface area contributed by atoms with Crippen molar-refractivity contribution in [1.82, 2.24) is 9.88 Å². The van der Waals surface area contributed by atoms with Gasteiger partial charge in [0.2, 0.25) is 0 Å². The summed E-state index contributed by atoms with van der Waals surface area (Å²) in [6, 6.07) is 2.66. The maximum absolute atomic E-state index is 11.8. The van der Waals surface area contributed by atoms with Gasteiger partial charge in [0, 0.05) is 26.0 Å². The first-order valence-corrected chi connectivity index (χ1v) is 6.16. The molecule has 1 aliphatic carbocycles. The Labute approximate surface area is 111 Å². The van der Waals surface area contributed by atoms with E-state index in [1.54, 1.807) is 26.2 Å². The van der Waals surface area contributed by atoms with Gasteiger partial charge in [0.15, 0.2) is 0 Å². The van der Waals surface area contributed by atoms with Crippen LogP contribution in [0.3, 0.4) is 0 Å². The molecule has 1 atom stereocenters. The quantitative estimate of drug-likeness (QED) is 0.830. The van der Waals surface area contributed by atoms with Crippen molar-refractivity contribution in [3.63, 3.8) is 0 Å². The number of carbonyl (C=O) groups is 2. The van der Waals surface area contributed by atoms with Crippen LogP contribution in [0, 0.1) is 5.92 Å². The van der Waals surface area contributed by atoms with E-state index in [0.717, 1.165) is 12.8 Å². The van der Waals surface area contributed by atoms with E-state index in [4.69, 9.17) is 5.11 Å². The predicted molar refractivity (Wildman–Crippen MR) is 70.0 cm³/mol. The Kier molecular flexibility index (Phi) is 3.69. The average Bonchev–Trinajstić information content (AvgIpc) is 3.19. The molecule has 19 heavy (non-hydrogen) atoms. The molecule has 0 spiro atoms. The number of carboxylic acid groups (broad SMARTS) is 1. The number of nitrogens with one attached hydrogen (secondary N) is 1. The maximum Gasteiger partial charge on any atom is 0.326 e. The lowest BCUT2D eigenvalue weighted by Gasteiger charge is -2.16. The van der Waals surface area contributed by atoms with Gasteiger partial charge < -0.3 is 15.3 Å². The highest BCUT2D eigenvalue weighted by Gasteiger charge is 2.36. The monoisotopic (exact) mass is 263 g/mol. The zero-order chi connectivity index (χ0) is 14.0. The van der Waals surface area contributed by atoms with Gasteiger partial charge in [-0.25, -0.2) is 4.79 Å². The summed E-state index contributed by atoms with van der Waals surface area (Å²) in [5.41, 5.74) is 0.912. The van der Waals surface area contributed by atoms with Gasteiger partial charge in [-0.05, 0) is 30.9 Å². The van der Waals surface area contributed by atoms with Crippen molar-refractivity contribution < 1.29 is 14.7 Å². The number of amides is 1. The highest BCUT2D eigenvalue weighted by atomic mass is 16.4. The Bertz CT molecular complexity index is 498. The molecule has 0 aromatic carbocycles. The van der Waals surface area contributed by atoms with Gasteiger partial charge in [-0.3, -0.25) is 9.78 Å². The molecule has 1 aliphatic rings. The van der Waals surface area contributed by atoms with E-state index in [9.17, 15) is 9.59 Å². The molecule has 102 valence electrons. The van der Waals surface area contributed by atoms with Crippen LogP contribution in [0.1, 0.15) is 23.3 Å². The summed E-state index contributed by atoms with van der Waals surface area (Å²) in [5.74, 6) is -0.889. The Morgan fingerprint density at radius 2 is 2.16 bits per heavy atom. The Hall–Kier alpha value is -2.11. The molecule has 1 aromatic rings. The molecule has 1 amide bonds. The van der Waals surface area contributed by atoms with E-state index in [1.165, 1.54) is 11.1 Å². The number of nitrogens with zero attached hydrogens (tertiary/aromatic N) is 2. The van der Waals surface area contributed by atoms with Gasteiger partial charge in [0.1, 0.15) is 11.7 Å². The second-order valence-corrected chi connectivity index (χ2v) is 4.93. The summed E-state index contributed by atoms with van der Waals surface area (Å²) >= 11 is 0. The SMILES string of the molecule is CN(C)C(=O)c1cc(NC(C(=O)O)C2CC2)ccn1. The average molecular weight is 263 g/mol. The van der Waals surface area contributed by atoms with E-state index < -0.39 is 12.0 Å². The summed E-state index contributed by atoms with van der Waals surface area (Å²) < 4.78 is 0. The molecule has 2 rings (SSSR count). The molecule has 2 N–H and O–H groups in total. The lowest BCUT2D eigenvalue weighted by atomic mass is 10.1. The molecule has 1 heterocycles. The molecular formula is C13H17N3O3. The van der Waals surface area contributed by atoms with Crippen molar-refractivity contribution >= 4 is 17.6 Å². The van der Waals surface area contributed by atoms with Crippen LogP contribution < -0.4 is 5.32 Å². The Morgan fingerprint density at radius 3 is 2.68 bits per heavy atom. The van der Waals surface area contributed by atoms with Crippen molar-refractivity contribution in [1.29, 1.82) is 0 Å². The summed E-state index contributed by atoms with van der Waals surface area (Å²) in [6.45, 7) is 0. The largest absolute Gasteiger partial charge is 0.480 e. The smallest absolute Gasteiger partial charge is 0.326 e. The fourth-order valence-electron chi connectivity index (χ4n) is 1.86. The molecule has 1 unspecified atom stereocenters. The van der Waals surface area contributed by atoms with Crippen LogP contribution in [0.2, 0.25) is 0 Å². The minimum Gasteiger partial charge on any atom is -0.480 e. The summed E-state index contributed by atoms with van der Waals surface area (Å²) in [7, 11) is 3.29. The fraction of sp³-hybridized carbons (Fsp3) is 0.462. The normalized spacial score (nSPS) is 15.7. The lowest BCUT2D eigenvalue weighted by Crippen LogP contribution is -2.31. The van der Waals surface area contributed by atoms with Gasteiger partial charge in [-0.1, -0.05) is 0 Å². The number of pyridine rings is 1. The third kappa shape index (κ3) is 3.21.